The van der Waals surface area contributed by atoms with Gasteiger partial charge in [-0.1, -0.05) is 36.4 Å². The molecule has 6 nitrogen and oxygen atoms in total. The fraction of sp³-hybridized carbons (Fsp3) is 0.235. The molecule has 1 aromatic carbocycles. The fourth-order valence-corrected chi connectivity index (χ4v) is 3.39. The lowest BCUT2D eigenvalue weighted by molar-refractivity contribution is -0.122. The Balaban J connectivity index is 1.64. The van der Waals surface area contributed by atoms with E-state index < -0.39 is 12.1 Å². The summed E-state index contributed by atoms with van der Waals surface area (Å²) >= 11 is 1.58. The molecule has 1 aromatic heterocycles. The molecule has 1 saturated heterocycles. The summed E-state index contributed by atoms with van der Waals surface area (Å²) < 4.78 is 0. The van der Waals surface area contributed by atoms with Crippen LogP contribution in [0.5, 0.6) is 0 Å². The molecule has 124 valence electrons. The van der Waals surface area contributed by atoms with E-state index in [4.69, 9.17) is 0 Å². The number of urea groups is 1. The van der Waals surface area contributed by atoms with Crippen LogP contribution in [0.15, 0.2) is 47.8 Å². The van der Waals surface area contributed by atoms with Crippen LogP contribution in [0.2, 0.25) is 0 Å². The highest BCUT2D eigenvalue weighted by molar-refractivity contribution is 7.10. The van der Waals surface area contributed by atoms with Gasteiger partial charge >= 0.3 is 6.03 Å². The van der Waals surface area contributed by atoms with E-state index in [2.05, 4.69) is 16.0 Å². The monoisotopic (exact) mass is 343 g/mol. The first-order valence-corrected chi connectivity index (χ1v) is 8.50. The van der Waals surface area contributed by atoms with Crippen molar-refractivity contribution < 1.29 is 14.4 Å². The Morgan fingerprint density at radius 2 is 1.96 bits per heavy atom. The van der Waals surface area contributed by atoms with E-state index in [9.17, 15) is 14.4 Å². The molecule has 2 atom stereocenters. The first kappa shape index (κ1) is 16.2. The maximum atomic E-state index is 12.3. The van der Waals surface area contributed by atoms with E-state index in [1.54, 1.807) is 11.3 Å². The molecule has 0 bridgehead atoms. The standard InChI is InChI=1S/C17H17N3O3S/c21-14(9-8-12-16(22)20-17(23)18-12)19-15(13-7-4-10-24-13)11-5-2-1-3-6-11/h1-7,10,12,15H,8-9H2,(H,19,21)(H2,18,20,22,23)/t12-,15-/m0/s1. The molecular formula is C17H17N3O3S. The Kier molecular flexibility index (Phi) is 4.90. The summed E-state index contributed by atoms with van der Waals surface area (Å²) in [5.74, 6) is -0.545. The zero-order valence-corrected chi connectivity index (χ0v) is 13.6. The number of hydrogen-bond acceptors (Lipinski definition) is 4. The summed E-state index contributed by atoms with van der Waals surface area (Å²) in [5, 5.41) is 9.64. The van der Waals surface area contributed by atoms with Gasteiger partial charge < -0.3 is 10.6 Å². The number of nitrogens with one attached hydrogen (secondary N) is 3. The van der Waals surface area contributed by atoms with Gasteiger partial charge in [0.1, 0.15) is 6.04 Å². The Morgan fingerprint density at radius 3 is 2.58 bits per heavy atom. The van der Waals surface area contributed by atoms with Gasteiger partial charge in [-0.2, -0.15) is 0 Å². The zero-order chi connectivity index (χ0) is 16.9. The predicted molar refractivity (Wildman–Crippen MR) is 90.4 cm³/mol. The molecule has 24 heavy (non-hydrogen) atoms. The average molecular weight is 343 g/mol. The van der Waals surface area contributed by atoms with Crippen molar-refractivity contribution in [3.05, 3.63) is 58.3 Å². The summed E-state index contributed by atoms with van der Waals surface area (Å²) in [6.07, 6.45) is 0.433. The van der Waals surface area contributed by atoms with Crippen LogP contribution in [0.3, 0.4) is 0 Å². The normalized spacial score (nSPS) is 17.9. The number of benzene rings is 1. The molecule has 4 amide bonds. The van der Waals surface area contributed by atoms with Crippen molar-refractivity contribution in [1.82, 2.24) is 16.0 Å². The molecule has 7 heteroatoms. The van der Waals surface area contributed by atoms with Crippen molar-refractivity contribution in [2.24, 2.45) is 0 Å². The summed E-state index contributed by atoms with van der Waals surface area (Å²) in [4.78, 5) is 35.9. The number of carbonyl (C=O) groups excluding carboxylic acids is 3. The topological polar surface area (TPSA) is 87.3 Å². The molecule has 1 aliphatic rings. The summed E-state index contributed by atoms with van der Waals surface area (Å²) in [6, 6.07) is 12.3. The molecule has 3 rings (SSSR count). The number of carbonyl (C=O) groups is 3. The van der Waals surface area contributed by atoms with Crippen LogP contribution in [0.1, 0.15) is 29.3 Å². The van der Waals surface area contributed by atoms with E-state index in [1.807, 2.05) is 47.8 Å². The van der Waals surface area contributed by atoms with Crippen molar-refractivity contribution in [3.63, 3.8) is 0 Å². The number of rotatable bonds is 6. The molecule has 3 N–H and O–H groups in total. The number of hydrogen-bond donors (Lipinski definition) is 3. The Hall–Kier alpha value is -2.67. The minimum absolute atomic E-state index is 0.160. The van der Waals surface area contributed by atoms with Crippen molar-refractivity contribution in [2.75, 3.05) is 0 Å². The molecular weight excluding hydrogens is 326 g/mol. The van der Waals surface area contributed by atoms with E-state index in [0.717, 1.165) is 10.4 Å². The number of imide groups is 1. The van der Waals surface area contributed by atoms with E-state index in [1.165, 1.54) is 0 Å². The highest BCUT2D eigenvalue weighted by atomic mass is 32.1. The molecule has 2 aromatic rings. The molecule has 0 spiro atoms. The summed E-state index contributed by atoms with van der Waals surface area (Å²) in [6.45, 7) is 0. The maximum Gasteiger partial charge on any atom is 0.322 e. The predicted octanol–water partition coefficient (Wildman–Crippen LogP) is 1.94. The molecule has 0 aliphatic carbocycles. The largest absolute Gasteiger partial charge is 0.344 e. The van der Waals surface area contributed by atoms with Crippen LogP contribution < -0.4 is 16.0 Å². The Labute approximate surface area is 143 Å². The van der Waals surface area contributed by atoms with Crippen molar-refractivity contribution in [1.29, 1.82) is 0 Å². The molecule has 2 heterocycles. The van der Waals surface area contributed by atoms with Gasteiger partial charge in [-0.3, -0.25) is 14.9 Å². The van der Waals surface area contributed by atoms with Crippen LogP contribution in [0.4, 0.5) is 4.79 Å². The first-order chi connectivity index (χ1) is 11.6. The van der Waals surface area contributed by atoms with Gasteiger partial charge in [0.05, 0.1) is 6.04 Å². The van der Waals surface area contributed by atoms with Gasteiger partial charge in [0.15, 0.2) is 0 Å². The quantitative estimate of drug-likeness (QED) is 0.701. The van der Waals surface area contributed by atoms with Gasteiger partial charge in [-0.05, 0) is 23.4 Å². The second-order valence-corrected chi connectivity index (χ2v) is 6.46. The van der Waals surface area contributed by atoms with Crippen molar-refractivity contribution in [3.8, 4) is 0 Å². The first-order valence-electron chi connectivity index (χ1n) is 7.62. The third-order valence-electron chi connectivity index (χ3n) is 3.78. The molecule has 0 radical (unpaired) electrons. The summed E-state index contributed by atoms with van der Waals surface area (Å²) in [7, 11) is 0. The minimum atomic E-state index is -0.639. The van der Waals surface area contributed by atoms with E-state index in [-0.39, 0.29) is 30.7 Å². The van der Waals surface area contributed by atoms with Gasteiger partial charge in [0.25, 0.3) is 5.91 Å². The van der Waals surface area contributed by atoms with Crippen LogP contribution >= 0.6 is 11.3 Å². The van der Waals surface area contributed by atoms with Gasteiger partial charge in [0, 0.05) is 11.3 Å². The Bertz CT molecular complexity index is 731. The van der Waals surface area contributed by atoms with Gasteiger partial charge in [-0.25, -0.2) is 4.79 Å². The smallest absolute Gasteiger partial charge is 0.322 e. The van der Waals surface area contributed by atoms with Crippen LogP contribution in [-0.4, -0.2) is 23.9 Å². The molecule has 0 unspecified atom stereocenters. The zero-order valence-electron chi connectivity index (χ0n) is 12.8. The fourth-order valence-electron chi connectivity index (χ4n) is 2.59. The van der Waals surface area contributed by atoms with Crippen LogP contribution in [-0.2, 0) is 9.59 Å². The molecule has 1 fully saturated rings. The lowest BCUT2D eigenvalue weighted by Crippen LogP contribution is -2.33. The van der Waals surface area contributed by atoms with E-state index >= 15 is 0 Å². The van der Waals surface area contributed by atoms with Gasteiger partial charge in [-0.15, -0.1) is 11.3 Å². The second kappa shape index (κ2) is 7.27. The summed E-state index contributed by atoms with van der Waals surface area (Å²) in [5.41, 5.74) is 1.00. The second-order valence-electron chi connectivity index (χ2n) is 5.48. The third-order valence-corrected chi connectivity index (χ3v) is 4.72. The molecule has 1 aliphatic heterocycles. The minimum Gasteiger partial charge on any atom is -0.344 e. The highest BCUT2D eigenvalue weighted by Crippen LogP contribution is 2.26. The third kappa shape index (κ3) is 3.80. The maximum absolute atomic E-state index is 12.3. The molecule has 0 saturated carbocycles. The SMILES string of the molecule is O=C(CC[C@@H]1NC(=O)NC1=O)N[C@@H](c1ccccc1)c1cccs1. The van der Waals surface area contributed by atoms with Crippen LogP contribution in [0, 0.1) is 0 Å². The lowest BCUT2D eigenvalue weighted by Gasteiger charge is -2.18. The average Bonchev–Trinajstić information content (AvgIpc) is 3.21. The van der Waals surface area contributed by atoms with E-state index in [0.29, 0.717) is 0 Å². The number of amides is 4. The van der Waals surface area contributed by atoms with Crippen molar-refractivity contribution in [2.45, 2.75) is 24.9 Å². The van der Waals surface area contributed by atoms with Gasteiger partial charge in [0.2, 0.25) is 5.91 Å². The number of thiophene rings is 1. The Morgan fingerprint density at radius 1 is 1.17 bits per heavy atom. The highest BCUT2D eigenvalue weighted by Gasteiger charge is 2.29. The van der Waals surface area contributed by atoms with Crippen molar-refractivity contribution >= 4 is 29.2 Å². The van der Waals surface area contributed by atoms with Crippen LogP contribution in [0.25, 0.3) is 0 Å². The lowest BCUT2D eigenvalue weighted by atomic mass is 10.0.